The van der Waals surface area contributed by atoms with Gasteiger partial charge in [0.15, 0.2) is 17.6 Å². The highest BCUT2D eigenvalue weighted by Crippen LogP contribution is 2.48. The Bertz CT molecular complexity index is 1260. The van der Waals surface area contributed by atoms with Crippen LogP contribution < -0.4 is 20.0 Å². The lowest BCUT2D eigenvalue weighted by Gasteiger charge is -2.27. The molecule has 1 fully saturated rings. The van der Waals surface area contributed by atoms with Gasteiger partial charge in [-0.15, -0.1) is 0 Å². The molecule has 0 amide bonds. The summed E-state index contributed by atoms with van der Waals surface area (Å²) in [7, 11) is -4.33. The second-order valence-electron chi connectivity index (χ2n) is 10.3. The number of rotatable bonds is 4. The molecule has 12 nitrogen and oxygen atoms in total. The minimum absolute atomic E-state index is 0.00964. The number of halogens is 1. The van der Waals surface area contributed by atoms with Crippen LogP contribution in [0, 0.1) is 5.92 Å². The van der Waals surface area contributed by atoms with Gasteiger partial charge in [0.1, 0.15) is 24.0 Å². The molecule has 220 valence electrons. The number of ether oxygens (including phenoxy) is 3. The van der Waals surface area contributed by atoms with Gasteiger partial charge in [-0.25, -0.2) is 13.8 Å². The summed E-state index contributed by atoms with van der Waals surface area (Å²) in [6.45, 7) is 4.55. The number of hydrogen-bond donors (Lipinski definition) is 2. The van der Waals surface area contributed by atoms with Crippen molar-refractivity contribution in [2.45, 2.75) is 70.2 Å². The molecule has 0 spiro atoms. The number of nitrogens with zero attached hydrogens (tertiary/aromatic N) is 2. The maximum atomic E-state index is 15.8. The third-order valence-corrected chi connectivity index (χ3v) is 8.06. The van der Waals surface area contributed by atoms with Gasteiger partial charge in [0.05, 0.1) is 32.2 Å². The Labute approximate surface area is 231 Å². The molecule has 6 atom stereocenters. The van der Waals surface area contributed by atoms with E-state index >= 15 is 4.39 Å². The predicted molar refractivity (Wildman–Crippen MR) is 141 cm³/mol. The van der Waals surface area contributed by atoms with Gasteiger partial charge < -0.3 is 23.8 Å². The van der Waals surface area contributed by atoms with Crippen LogP contribution in [0.5, 0.6) is 11.5 Å². The maximum Gasteiger partial charge on any atom is 0.459 e. The van der Waals surface area contributed by atoms with E-state index in [2.05, 4.69) is 10.1 Å². The number of cyclic esters (lactones) is 1. The van der Waals surface area contributed by atoms with Crippen molar-refractivity contribution in [2.24, 2.45) is 5.92 Å². The predicted octanol–water partition coefficient (Wildman–Crippen LogP) is 3.15. The van der Waals surface area contributed by atoms with Crippen molar-refractivity contribution in [3.8, 4) is 11.5 Å². The Morgan fingerprint density at radius 1 is 1.23 bits per heavy atom. The second kappa shape index (κ2) is 12.8. The molecule has 2 N–H and O–H groups in total. The quantitative estimate of drug-likeness (QED) is 0.404. The zero-order chi connectivity index (χ0) is 28.9. The molecule has 0 radical (unpaired) electrons. The van der Waals surface area contributed by atoms with Crippen LogP contribution in [-0.4, -0.2) is 64.4 Å². The summed E-state index contributed by atoms with van der Waals surface area (Å²) < 4.78 is 58.9. The number of para-hydroxylation sites is 1. The van der Waals surface area contributed by atoms with E-state index in [1.807, 2.05) is 13.8 Å². The van der Waals surface area contributed by atoms with Gasteiger partial charge in [-0.3, -0.25) is 13.9 Å². The lowest BCUT2D eigenvalue weighted by Crippen LogP contribution is -2.43. The molecule has 14 heteroatoms. The van der Waals surface area contributed by atoms with Crippen LogP contribution in [0.15, 0.2) is 47.5 Å². The van der Waals surface area contributed by atoms with Gasteiger partial charge in [-0.2, -0.15) is 10.1 Å². The van der Waals surface area contributed by atoms with E-state index in [-0.39, 0.29) is 37.1 Å². The minimum atomic E-state index is -4.33. The van der Waals surface area contributed by atoms with Crippen molar-refractivity contribution in [3.05, 3.63) is 53.2 Å². The largest absolute Gasteiger partial charge is 0.490 e. The molecule has 2 aliphatic rings. The molecule has 3 heterocycles. The number of aliphatic hydroxyl groups is 1. The van der Waals surface area contributed by atoms with E-state index in [1.54, 1.807) is 30.3 Å². The lowest BCUT2D eigenvalue weighted by atomic mass is 9.98. The molecule has 4 rings (SSSR count). The van der Waals surface area contributed by atoms with Crippen LogP contribution in [-0.2, 0) is 23.4 Å². The van der Waals surface area contributed by atoms with Crippen molar-refractivity contribution < 1.29 is 42.1 Å². The molecule has 0 aliphatic carbocycles. The summed E-state index contributed by atoms with van der Waals surface area (Å²) in [5, 5.41) is 13.5. The molecule has 2 aliphatic heterocycles. The minimum Gasteiger partial charge on any atom is -0.490 e. The number of hydrogen-bond acceptors (Lipinski definition) is 10. The summed E-state index contributed by atoms with van der Waals surface area (Å²) in [5.41, 5.74) is -3.27. The number of nitrogens with one attached hydrogen (secondary N) is 1. The van der Waals surface area contributed by atoms with Crippen LogP contribution in [0.1, 0.15) is 46.3 Å². The average molecular weight is 584 g/mol. The summed E-state index contributed by atoms with van der Waals surface area (Å²) in [5.74, 6) is -0.252. The number of carbonyl (C=O) groups is 1. The molecule has 40 heavy (non-hydrogen) atoms. The van der Waals surface area contributed by atoms with Crippen LogP contribution in [0.25, 0.3) is 0 Å². The Balaban J connectivity index is 1.67. The van der Waals surface area contributed by atoms with Gasteiger partial charge in [0, 0.05) is 0 Å². The number of fused-ring (bicyclic) bond motifs is 5. The van der Waals surface area contributed by atoms with Gasteiger partial charge in [-0.05, 0) is 44.2 Å². The summed E-state index contributed by atoms with van der Waals surface area (Å²) >= 11 is 0. The Hall–Kier alpha value is -2.83. The first-order chi connectivity index (χ1) is 19.0. The monoisotopic (exact) mass is 583 g/mol. The third-order valence-electron chi connectivity index (χ3n) is 6.49. The van der Waals surface area contributed by atoms with E-state index in [4.69, 9.17) is 23.3 Å². The molecular formula is C26H35FN3O9P. The first kappa shape index (κ1) is 30.1. The number of benzene rings is 1. The smallest absolute Gasteiger partial charge is 0.459 e. The van der Waals surface area contributed by atoms with Crippen molar-refractivity contribution >= 4 is 13.7 Å². The van der Waals surface area contributed by atoms with E-state index in [0.29, 0.717) is 12.8 Å². The number of esters is 1. The highest BCUT2D eigenvalue weighted by atomic mass is 31.2. The molecule has 4 bridgehead atoms. The molecule has 2 aromatic rings. The van der Waals surface area contributed by atoms with Gasteiger partial charge in [0.2, 0.25) is 0 Å². The van der Waals surface area contributed by atoms with E-state index < -0.39 is 56.2 Å². The third kappa shape index (κ3) is 7.27. The Morgan fingerprint density at radius 3 is 2.62 bits per heavy atom. The Kier molecular flexibility index (Phi) is 9.63. The highest BCUT2D eigenvalue weighted by Gasteiger charge is 2.56. The van der Waals surface area contributed by atoms with Crippen LogP contribution >= 0.6 is 7.75 Å². The van der Waals surface area contributed by atoms with Gasteiger partial charge in [0.25, 0.3) is 0 Å². The van der Waals surface area contributed by atoms with Gasteiger partial charge in [-0.1, -0.05) is 32.0 Å². The first-order valence-corrected chi connectivity index (χ1v) is 14.7. The van der Waals surface area contributed by atoms with Crippen molar-refractivity contribution in [1.82, 2.24) is 14.6 Å². The topological polar surface area (TPSA) is 147 Å². The summed E-state index contributed by atoms with van der Waals surface area (Å²) in [4.78, 5) is 29.2. The number of alkyl halides is 1. The van der Waals surface area contributed by atoms with Crippen molar-refractivity contribution in [2.75, 3.05) is 19.8 Å². The van der Waals surface area contributed by atoms with Gasteiger partial charge >= 0.3 is 19.4 Å². The van der Waals surface area contributed by atoms with Crippen molar-refractivity contribution in [3.63, 3.8) is 0 Å². The summed E-state index contributed by atoms with van der Waals surface area (Å²) in [6.07, 6.45) is -1.05. The zero-order valence-corrected chi connectivity index (χ0v) is 23.5. The van der Waals surface area contributed by atoms with E-state index in [9.17, 15) is 19.3 Å². The standard InChI is InChI=1S/C26H35FN3O9P/c1-17(2)13-20-23(32)36-12-8-7-11-35-19-14-28-25(33)30(15-19)24-26(3,27)22(31)21(38-24)16-37-40(34,29-20)39-18-9-5-4-6-10-18/h4-6,9-10,14-15,17,20-22,24,31H,7-8,11-13,16H2,1-3H3,(H,29,34)/t20-,21-,22-,24-,26-,40?/m1/s1. The SMILES string of the molecule is CC(C)C[C@H]1NP(=O)(Oc2ccccc2)OC[C@H]2O[C@@H](n3cc(cnc3=O)OCCCCOC1=O)[C@](C)(F)[C@@H]2O. The molecule has 1 aromatic carbocycles. The fourth-order valence-corrected chi connectivity index (χ4v) is 5.93. The highest BCUT2D eigenvalue weighted by molar-refractivity contribution is 7.52. The lowest BCUT2D eigenvalue weighted by molar-refractivity contribution is -0.146. The molecular weight excluding hydrogens is 548 g/mol. The van der Waals surface area contributed by atoms with Crippen LogP contribution in [0.2, 0.25) is 0 Å². The molecule has 1 saturated heterocycles. The zero-order valence-electron chi connectivity index (χ0n) is 22.6. The van der Waals surface area contributed by atoms with Crippen LogP contribution in [0.4, 0.5) is 4.39 Å². The number of aliphatic hydroxyl groups excluding tert-OH is 1. The first-order valence-electron chi connectivity index (χ1n) is 13.2. The van der Waals surface area contributed by atoms with E-state index in [1.165, 1.54) is 12.4 Å². The van der Waals surface area contributed by atoms with Crippen molar-refractivity contribution in [1.29, 1.82) is 0 Å². The number of aromatic nitrogens is 2. The summed E-state index contributed by atoms with van der Waals surface area (Å²) in [6, 6.07) is 7.11. The Morgan fingerprint density at radius 2 is 1.93 bits per heavy atom. The fourth-order valence-electron chi connectivity index (χ4n) is 4.42. The average Bonchev–Trinajstić information content (AvgIpc) is 3.13. The maximum absolute atomic E-state index is 15.8. The molecule has 1 unspecified atom stereocenters. The normalized spacial score (nSPS) is 32.0. The number of carbonyl (C=O) groups excluding carboxylic acids is 1. The molecule has 0 saturated carbocycles. The molecule has 1 aromatic heterocycles. The fraction of sp³-hybridized carbons (Fsp3) is 0.577. The second-order valence-corrected chi connectivity index (χ2v) is 12.0. The van der Waals surface area contributed by atoms with E-state index in [0.717, 1.165) is 11.5 Å². The van der Waals surface area contributed by atoms with Crippen LogP contribution in [0.3, 0.4) is 0 Å².